The Morgan fingerprint density at radius 2 is 1.50 bits per heavy atom. The first-order valence-electron chi connectivity index (χ1n) is 8.54. The van der Waals surface area contributed by atoms with Gasteiger partial charge in [-0.05, 0) is 36.2 Å². The molecule has 0 unspecified atom stereocenters. The van der Waals surface area contributed by atoms with E-state index in [0.717, 1.165) is 33.3 Å². The number of benzene rings is 3. The average Bonchev–Trinajstić information content (AvgIpc) is 3.07. The van der Waals surface area contributed by atoms with Gasteiger partial charge in [0.2, 0.25) is 0 Å². The van der Waals surface area contributed by atoms with Crippen molar-refractivity contribution in [3.63, 3.8) is 0 Å². The van der Waals surface area contributed by atoms with Gasteiger partial charge in [-0.1, -0.05) is 60.2 Å². The molecular weight excluding hydrogens is 322 g/mol. The molecule has 0 bridgehead atoms. The smallest absolute Gasteiger partial charge is 0.337 e. The summed E-state index contributed by atoms with van der Waals surface area (Å²) in [5.41, 5.74) is 7.29. The summed E-state index contributed by atoms with van der Waals surface area (Å²) in [5, 5.41) is 1.16. The molecule has 0 amide bonds. The van der Waals surface area contributed by atoms with Crippen LogP contribution in [0, 0.1) is 6.92 Å². The summed E-state index contributed by atoms with van der Waals surface area (Å²) < 4.78 is 4.80. The number of carbonyl (C=O) groups excluding carboxylic acids is 1. The highest BCUT2D eigenvalue weighted by Gasteiger charge is 2.15. The molecule has 3 nitrogen and oxygen atoms in total. The van der Waals surface area contributed by atoms with Gasteiger partial charge in [0.25, 0.3) is 0 Å². The Morgan fingerprint density at radius 3 is 2.19 bits per heavy atom. The second-order valence-electron chi connectivity index (χ2n) is 6.36. The fourth-order valence-electron chi connectivity index (χ4n) is 3.27. The molecule has 0 spiro atoms. The van der Waals surface area contributed by atoms with Crippen molar-refractivity contribution in [2.75, 3.05) is 7.11 Å². The van der Waals surface area contributed by atoms with E-state index in [9.17, 15) is 4.79 Å². The summed E-state index contributed by atoms with van der Waals surface area (Å²) in [7, 11) is 1.39. The predicted molar refractivity (Wildman–Crippen MR) is 105 cm³/mol. The maximum Gasteiger partial charge on any atom is 0.337 e. The molecular formula is C23H19NO2. The Hall–Kier alpha value is -3.33. The number of aryl methyl sites for hydroxylation is 1. The first kappa shape index (κ1) is 16.2. The van der Waals surface area contributed by atoms with Crippen LogP contribution in [0.1, 0.15) is 15.9 Å². The lowest BCUT2D eigenvalue weighted by atomic mass is 9.97. The number of fused-ring (bicyclic) bond motifs is 1. The summed E-state index contributed by atoms with van der Waals surface area (Å²) in [4.78, 5) is 15.3. The van der Waals surface area contributed by atoms with E-state index in [2.05, 4.69) is 48.3 Å². The number of hydrogen-bond donors (Lipinski definition) is 1. The van der Waals surface area contributed by atoms with Crippen molar-refractivity contribution in [1.82, 2.24) is 4.98 Å². The number of rotatable bonds is 3. The van der Waals surface area contributed by atoms with Crippen LogP contribution < -0.4 is 0 Å². The molecule has 1 aromatic heterocycles. The van der Waals surface area contributed by atoms with Crippen LogP contribution in [-0.2, 0) is 4.74 Å². The highest BCUT2D eigenvalue weighted by Crippen LogP contribution is 2.38. The maximum absolute atomic E-state index is 11.7. The van der Waals surface area contributed by atoms with Gasteiger partial charge in [0, 0.05) is 16.5 Å². The summed E-state index contributed by atoms with van der Waals surface area (Å²) in [6.07, 6.45) is 0. The van der Waals surface area contributed by atoms with Gasteiger partial charge < -0.3 is 9.72 Å². The Balaban J connectivity index is 1.91. The van der Waals surface area contributed by atoms with Gasteiger partial charge in [-0.25, -0.2) is 4.79 Å². The molecule has 1 N–H and O–H groups in total. The van der Waals surface area contributed by atoms with Gasteiger partial charge in [0.15, 0.2) is 0 Å². The predicted octanol–water partition coefficient (Wildman–Crippen LogP) is 5.60. The topological polar surface area (TPSA) is 42.1 Å². The monoisotopic (exact) mass is 341 g/mol. The Labute approximate surface area is 152 Å². The van der Waals surface area contributed by atoms with Crippen LogP contribution in [0.25, 0.3) is 33.3 Å². The Bertz CT molecular complexity index is 1070. The van der Waals surface area contributed by atoms with E-state index in [1.54, 1.807) is 0 Å². The van der Waals surface area contributed by atoms with Crippen molar-refractivity contribution in [3.8, 4) is 22.4 Å². The standard InChI is InChI=1S/C23H19NO2/c1-15-7-9-17(10-8-15)22-21(19-5-3-4-6-20(19)24-22)16-11-13-18(14-12-16)23(25)26-2/h3-14,24H,1-2H3. The van der Waals surface area contributed by atoms with Crippen LogP contribution in [0.15, 0.2) is 72.8 Å². The number of H-pyrrole nitrogens is 1. The molecule has 1 heterocycles. The van der Waals surface area contributed by atoms with Gasteiger partial charge in [0.1, 0.15) is 0 Å². The molecule has 0 aliphatic carbocycles. The third-order valence-corrected chi connectivity index (χ3v) is 4.64. The molecule has 0 aliphatic heterocycles. The minimum Gasteiger partial charge on any atom is -0.465 e. The summed E-state index contributed by atoms with van der Waals surface area (Å²) in [6, 6.07) is 24.3. The SMILES string of the molecule is COC(=O)c1ccc(-c2c(-c3ccc(C)cc3)[nH]c3ccccc23)cc1. The molecule has 4 rings (SSSR count). The first-order valence-corrected chi connectivity index (χ1v) is 8.54. The fraction of sp³-hybridized carbons (Fsp3) is 0.0870. The van der Waals surface area contributed by atoms with E-state index in [0.29, 0.717) is 5.56 Å². The van der Waals surface area contributed by atoms with Crippen LogP contribution in [0.3, 0.4) is 0 Å². The number of ether oxygens (including phenoxy) is 1. The number of esters is 1. The van der Waals surface area contributed by atoms with Crippen molar-refractivity contribution < 1.29 is 9.53 Å². The molecule has 0 saturated carbocycles. The Kier molecular flexibility index (Phi) is 4.05. The van der Waals surface area contributed by atoms with Crippen LogP contribution in [-0.4, -0.2) is 18.1 Å². The highest BCUT2D eigenvalue weighted by molar-refractivity contribution is 6.04. The van der Waals surface area contributed by atoms with E-state index in [1.165, 1.54) is 12.7 Å². The van der Waals surface area contributed by atoms with E-state index >= 15 is 0 Å². The van der Waals surface area contributed by atoms with Crippen LogP contribution >= 0.6 is 0 Å². The Morgan fingerprint density at radius 1 is 0.846 bits per heavy atom. The van der Waals surface area contributed by atoms with E-state index in [-0.39, 0.29) is 5.97 Å². The van der Waals surface area contributed by atoms with Gasteiger partial charge in [-0.15, -0.1) is 0 Å². The van der Waals surface area contributed by atoms with Gasteiger partial charge >= 0.3 is 5.97 Å². The summed E-state index contributed by atoms with van der Waals surface area (Å²) >= 11 is 0. The van der Waals surface area contributed by atoms with Crippen molar-refractivity contribution in [1.29, 1.82) is 0 Å². The van der Waals surface area contributed by atoms with Crippen LogP contribution in [0.2, 0.25) is 0 Å². The maximum atomic E-state index is 11.7. The van der Waals surface area contributed by atoms with Crippen molar-refractivity contribution >= 4 is 16.9 Å². The van der Waals surface area contributed by atoms with Gasteiger partial charge in [-0.3, -0.25) is 0 Å². The largest absolute Gasteiger partial charge is 0.465 e. The molecule has 4 aromatic rings. The van der Waals surface area contributed by atoms with E-state index in [4.69, 9.17) is 4.74 Å². The second-order valence-corrected chi connectivity index (χ2v) is 6.36. The zero-order valence-electron chi connectivity index (χ0n) is 14.7. The number of aromatic amines is 1. The zero-order chi connectivity index (χ0) is 18.1. The molecule has 0 atom stereocenters. The number of nitrogens with one attached hydrogen (secondary N) is 1. The highest BCUT2D eigenvalue weighted by atomic mass is 16.5. The van der Waals surface area contributed by atoms with E-state index in [1.807, 2.05) is 36.4 Å². The quantitative estimate of drug-likeness (QED) is 0.493. The molecule has 128 valence electrons. The van der Waals surface area contributed by atoms with Crippen LogP contribution in [0.4, 0.5) is 0 Å². The van der Waals surface area contributed by atoms with Gasteiger partial charge in [0.05, 0.1) is 18.4 Å². The minimum atomic E-state index is -0.325. The summed E-state index contributed by atoms with van der Waals surface area (Å²) in [6.45, 7) is 2.08. The molecule has 0 fully saturated rings. The fourth-order valence-corrected chi connectivity index (χ4v) is 3.27. The number of para-hydroxylation sites is 1. The average molecular weight is 341 g/mol. The number of aromatic nitrogens is 1. The van der Waals surface area contributed by atoms with Crippen LogP contribution in [0.5, 0.6) is 0 Å². The number of carbonyl (C=O) groups is 1. The lowest BCUT2D eigenvalue weighted by Crippen LogP contribution is -2.00. The third-order valence-electron chi connectivity index (χ3n) is 4.64. The molecule has 3 heteroatoms. The molecule has 0 saturated heterocycles. The van der Waals surface area contributed by atoms with Crippen molar-refractivity contribution in [2.45, 2.75) is 6.92 Å². The van der Waals surface area contributed by atoms with E-state index < -0.39 is 0 Å². The lowest BCUT2D eigenvalue weighted by molar-refractivity contribution is 0.0601. The number of methoxy groups -OCH3 is 1. The van der Waals surface area contributed by atoms with Crippen molar-refractivity contribution in [3.05, 3.63) is 83.9 Å². The normalized spacial score (nSPS) is 10.8. The lowest BCUT2D eigenvalue weighted by Gasteiger charge is -2.07. The zero-order valence-corrected chi connectivity index (χ0v) is 14.7. The first-order chi connectivity index (χ1) is 12.7. The third kappa shape index (κ3) is 2.78. The molecule has 0 aliphatic rings. The molecule has 0 radical (unpaired) electrons. The van der Waals surface area contributed by atoms with Gasteiger partial charge in [-0.2, -0.15) is 0 Å². The second kappa shape index (κ2) is 6.52. The summed E-state index contributed by atoms with van der Waals surface area (Å²) in [5.74, 6) is -0.325. The minimum absolute atomic E-state index is 0.325. The van der Waals surface area contributed by atoms with Crippen molar-refractivity contribution in [2.24, 2.45) is 0 Å². The number of hydrogen-bond acceptors (Lipinski definition) is 2. The molecule has 26 heavy (non-hydrogen) atoms. The molecule has 3 aromatic carbocycles.